The number of amides is 1. The van der Waals surface area contributed by atoms with E-state index in [4.69, 9.17) is 14.7 Å². The lowest BCUT2D eigenvalue weighted by Gasteiger charge is -2.49. The lowest BCUT2D eigenvalue weighted by atomic mass is 9.74. The molecule has 0 spiro atoms. The van der Waals surface area contributed by atoms with Crippen LogP contribution in [0.25, 0.3) is 11.3 Å². The van der Waals surface area contributed by atoms with Crippen molar-refractivity contribution in [1.82, 2.24) is 14.9 Å². The smallest absolute Gasteiger partial charge is 0.411 e. The van der Waals surface area contributed by atoms with Crippen molar-refractivity contribution in [2.45, 2.75) is 31.7 Å². The third-order valence-corrected chi connectivity index (χ3v) is 7.22. The lowest BCUT2D eigenvalue weighted by molar-refractivity contribution is -0.00151. The number of nitrogens with zero attached hydrogens (tertiary/aromatic N) is 4. The second-order valence-corrected chi connectivity index (χ2v) is 9.80. The van der Waals surface area contributed by atoms with E-state index in [1.807, 2.05) is 51.4 Å². The molecule has 3 aromatic rings. The molecule has 182 valence electrons. The van der Waals surface area contributed by atoms with Crippen LogP contribution >= 0.6 is 0 Å². The van der Waals surface area contributed by atoms with Crippen molar-refractivity contribution < 1.29 is 9.53 Å². The number of rotatable bonds is 6. The Hall–Kier alpha value is -3.45. The van der Waals surface area contributed by atoms with E-state index in [9.17, 15) is 4.79 Å². The molecular weight excluding hydrogens is 438 g/mol. The molecular formula is C28H33N5O2. The normalized spacial score (nSPS) is 23.1. The lowest BCUT2D eigenvalue weighted by Crippen LogP contribution is -2.54. The van der Waals surface area contributed by atoms with E-state index in [1.165, 1.54) is 5.69 Å². The number of nitrogens with one attached hydrogen (secondary N) is 1. The quantitative estimate of drug-likeness (QED) is 0.549. The second kappa shape index (κ2) is 10.0. The van der Waals surface area contributed by atoms with E-state index in [-0.39, 0.29) is 6.04 Å². The molecule has 1 N–H and O–H groups in total. The van der Waals surface area contributed by atoms with Crippen molar-refractivity contribution in [3.63, 3.8) is 0 Å². The molecule has 1 amide bonds. The van der Waals surface area contributed by atoms with Crippen LogP contribution in [0, 0.1) is 12.8 Å². The number of benzene rings is 2. The molecule has 4 atom stereocenters. The first-order valence-electron chi connectivity index (χ1n) is 12.3. The van der Waals surface area contributed by atoms with Gasteiger partial charge in [-0.05, 0) is 62.6 Å². The fourth-order valence-electron chi connectivity index (χ4n) is 5.35. The molecule has 3 aliphatic heterocycles. The van der Waals surface area contributed by atoms with Crippen LogP contribution < -0.4 is 10.2 Å². The van der Waals surface area contributed by atoms with Gasteiger partial charge in [-0.2, -0.15) is 0 Å². The summed E-state index contributed by atoms with van der Waals surface area (Å²) in [4.78, 5) is 26.4. The van der Waals surface area contributed by atoms with Gasteiger partial charge in [0.05, 0.1) is 5.69 Å². The van der Waals surface area contributed by atoms with E-state index in [1.54, 1.807) is 0 Å². The SMILES string of the molecule is Cc1nc(-c2ccc(N(C)C)cc2)cc(C2CN3CCC2CC3COC(=O)Nc2ccccc2)n1. The number of ether oxygens (including phenoxy) is 1. The van der Waals surface area contributed by atoms with Crippen molar-refractivity contribution in [2.24, 2.45) is 5.92 Å². The number of carbonyl (C=O) groups is 1. The summed E-state index contributed by atoms with van der Waals surface area (Å²) in [5.74, 6) is 1.71. The summed E-state index contributed by atoms with van der Waals surface area (Å²) >= 11 is 0. The van der Waals surface area contributed by atoms with Crippen molar-refractivity contribution in [2.75, 3.05) is 44.0 Å². The zero-order valence-corrected chi connectivity index (χ0v) is 20.6. The highest BCUT2D eigenvalue weighted by Gasteiger charge is 2.42. The van der Waals surface area contributed by atoms with E-state index >= 15 is 0 Å². The average molecular weight is 472 g/mol. The number of aromatic nitrogens is 2. The minimum absolute atomic E-state index is 0.257. The Morgan fingerprint density at radius 3 is 2.57 bits per heavy atom. The van der Waals surface area contributed by atoms with Gasteiger partial charge in [0.2, 0.25) is 0 Å². The highest BCUT2D eigenvalue weighted by atomic mass is 16.5. The van der Waals surface area contributed by atoms with Gasteiger partial charge in [0.15, 0.2) is 0 Å². The summed E-state index contributed by atoms with van der Waals surface area (Å²) in [6, 6.07) is 20.3. The van der Waals surface area contributed by atoms with Gasteiger partial charge in [-0.25, -0.2) is 14.8 Å². The molecule has 0 aliphatic carbocycles. The predicted octanol–water partition coefficient (Wildman–Crippen LogP) is 4.94. The Morgan fingerprint density at radius 1 is 1.11 bits per heavy atom. The molecule has 2 aromatic carbocycles. The maximum absolute atomic E-state index is 12.2. The van der Waals surface area contributed by atoms with Gasteiger partial charge in [0.25, 0.3) is 0 Å². The molecule has 3 aliphatic rings. The predicted molar refractivity (Wildman–Crippen MR) is 139 cm³/mol. The van der Waals surface area contributed by atoms with Gasteiger partial charge in [0.1, 0.15) is 12.4 Å². The fraction of sp³-hybridized carbons (Fsp3) is 0.393. The van der Waals surface area contributed by atoms with Crippen LogP contribution in [-0.2, 0) is 4.74 Å². The average Bonchev–Trinajstić information content (AvgIpc) is 2.88. The zero-order valence-electron chi connectivity index (χ0n) is 20.6. The Labute approximate surface area is 207 Å². The molecule has 3 saturated heterocycles. The van der Waals surface area contributed by atoms with Gasteiger partial charge in [-0.15, -0.1) is 0 Å². The fourth-order valence-corrected chi connectivity index (χ4v) is 5.35. The van der Waals surface area contributed by atoms with E-state index in [0.29, 0.717) is 18.4 Å². The highest BCUT2D eigenvalue weighted by molar-refractivity contribution is 5.84. The van der Waals surface area contributed by atoms with E-state index < -0.39 is 6.09 Å². The van der Waals surface area contributed by atoms with Crippen molar-refractivity contribution in [3.05, 3.63) is 72.2 Å². The van der Waals surface area contributed by atoms with Crippen LogP contribution in [0.4, 0.5) is 16.2 Å². The number of anilines is 2. The molecule has 7 nitrogen and oxygen atoms in total. The van der Waals surface area contributed by atoms with Crippen LogP contribution in [0.1, 0.15) is 30.3 Å². The summed E-state index contributed by atoms with van der Waals surface area (Å²) in [5.41, 5.74) is 5.13. The Kier molecular flexibility index (Phi) is 6.68. The first-order chi connectivity index (χ1) is 17.0. The largest absolute Gasteiger partial charge is 0.448 e. The molecule has 2 bridgehead atoms. The summed E-state index contributed by atoms with van der Waals surface area (Å²) < 4.78 is 5.58. The number of fused-ring (bicyclic) bond motifs is 3. The van der Waals surface area contributed by atoms with Crippen LogP contribution in [0.15, 0.2) is 60.7 Å². The first kappa shape index (κ1) is 23.3. The standard InChI is InChI=1S/C28H33N5O2/c1-19-29-26(20-9-11-23(12-10-20)32(2)3)16-27(30-19)25-17-33-14-13-21(25)15-24(33)18-35-28(34)31-22-7-5-4-6-8-22/h4-12,16,21,24-25H,13-15,17-18H2,1-3H3,(H,31,34). The third-order valence-electron chi connectivity index (χ3n) is 7.22. The Balaban J connectivity index is 1.24. The third kappa shape index (κ3) is 5.30. The molecule has 0 saturated carbocycles. The second-order valence-electron chi connectivity index (χ2n) is 9.80. The monoisotopic (exact) mass is 471 g/mol. The van der Waals surface area contributed by atoms with Gasteiger partial charge in [0, 0.05) is 55.2 Å². The van der Waals surface area contributed by atoms with Crippen LogP contribution in [0.2, 0.25) is 0 Å². The topological polar surface area (TPSA) is 70.6 Å². The van der Waals surface area contributed by atoms with Crippen LogP contribution in [-0.4, -0.2) is 60.8 Å². The van der Waals surface area contributed by atoms with E-state index in [2.05, 4.69) is 45.4 Å². The summed E-state index contributed by atoms with van der Waals surface area (Å²) in [6.45, 7) is 4.37. The zero-order chi connectivity index (χ0) is 24.4. The van der Waals surface area contributed by atoms with Gasteiger partial charge < -0.3 is 9.64 Å². The minimum atomic E-state index is -0.397. The summed E-state index contributed by atoms with van der Waals surface area (Å²) in [7, 11) is 4.09. The van der Waals surface area contributed by atoms with Crippen molar-refractivity contribution in [3.8, 4) is 11.3 Å². The maximum Gasteiger partial charge on any atom is 0.411 e. The summed E-state index contributed by atoms with van der Waals surface area (Å²) in [5, 5.41) is 2.80. The van der Waals surface area contributed by atoms with Gasteiger partial charge in [-0.3, -0.25) is 10.2 Å². The van der Waals surface area contributed by atoms with Crippen LogP contribution in [0.5, 0.6) is 0 Å². The van der Waals surface area contributed by atoms with Gasteiger partial charge in [-0.1, -0.05) is 30.3 Å². The van der Waals surface area contributed by atoms with Gasteiger partial charge >= 0.3 is 6.09 Å². The summed E-state index contributed by atoms with van der Waals surface area (Å²) in [6.07, 6.45) is 1.76. The number of hydrogen-bond acceptors (Lipinski definition) is 6. The van der Waals surface area contributed by atoms with Crippen LogP contribution in [0.3, 0.4) is 0 Å². The molecule has 1 aromatic heterocycles. The highest BCUT2D eigenvalue weighted by Crippen LogP contribution is 2.42. The minimum Gasteiger partial charge on any atom is -0.448 e. The number of para-hydroxylation sites is 1. The molecule has 0 radical (unpaired) electrons. The maximum atomic E-state index is 12.2. The number of piperidine rings is 3. The Morgan fingerprint density at radius 2 is 1.89 bits per heavy atom. The molecule has 3 fully saturated rings. The number of hydrogen-bond donors (Lipinski definition) is 1. The first-order valence-corrected chi connectivity index (χ1v) is 12.3. The van der Waals surface area contributed by atoms with E-state index in [0.717, 1.165) is 54.4 Å². The molecule has 6 rings (SSSR count). The number of aryl methyl sites for hydroxylation is 1. The molecule has 35 heavy (non-hydrogen) atoms. The van der Waals surface area contributed by atoms with Crippen molar-refractivity contribution in [1.29, 1.82) is 0 Å². The molecule has 7 heteroatoms. The Bertz CT molecular complexity index is 1170. The molecule has 4 heterocycles. The molecule has 4 unspecified atom stereocenters. The van der Waals surface area contributed by atoms with Crippen molar-refractivity contribution >= 4 is 17.5 Å². The number of carbonyl (C=O) groups excluding carboxylic acids is 1.